The van der Waals surface area contributed by atoms with E-state index in [1.165, 1.54) is 18.9 Å². The van der Waals surface area contributed by atoms with Crippen molar-refractivity contribution in [3.05, 3.63) is 29.6 Å². The Morgan fingerprint density at radius 1 is 1.39 bits per heavy atom. The van der Waals surface area contributed by atoms with E-state index < -0.39 is 0 Å². The summed E-state index contributed by atoms with van der Waals surface area (Å²) in [6.07, 6.45) is 2.65. The van der Waals surface area contributed by atoms with Crippen molar-refractivity contribution in [2.24, 2.45) is 0 Å². The molecular weight excluding hydrogens is 231 g/mol. The van der Waals surface area contributed by atoms with Crippen LogP contribution in [0.2, 0.25) is 0 Å². The summed E-state index contributed by atoms with van der Waals surface area (Å²) in [5, 5.41) is 12.6. The molecule has 0 radical (unpaired) electrons. The molecule has 1 aromatic carbocycles. The van der Waals surface area contributed by atoms with Gasteiger partial charge in [-0.15, -0.1) is 0 Å². The SMILES string of the molecule is CCN(CCNCc1cc(O)cc(F)c1)C1CC1. The molecule has 1 aliphatic rings. The summed E-state index contributed by atoms with van der Waals surface area (Å²) in [5.41, 5.74) is 0.780. The Kier molecular flexibility index (Phi) is 4.55. The summed E-state index contributed by atoms with van der Waals surface area (Å²) in [4.78, 5) is 2.47. The molecule has 0 aliphatic heterocycles. The second-order valence-corrected chi connectivity index (χ2v) is 4.85. The van der Waals surface area contributed by atoms with Crippen molar-refractivity contribution in [3.63, 3.8) is 0 Å². The molecule has 3 nitrogen and oxygen atoms in total. The molecule has 0 saturated heterocycles. The zero-order valence-electron chi connectivity index (χ0n) is 10.8. The second-order valence-electron chi connectivity index (χ2n) is 4.85. The van der Waals surface area contributed by atoms with Gasteiger partial charge in [0.25, 0.3) is 0 Å². The van der Waals surface area contributed by atoms with Crippen LogP contribution in [-0.2, 0) is 6.54 Å². The molecule has 0 unspecified atom stereocenters. The first-order valence-corrected chi connectivity index (χ1v) is 6.62. The Balaban J connectivity index is 1.71. The third-order valence-electron chi connectivity index (χ3n) is 3.32. The third-order valence-corrected chi connectivity index (χ3v) is 3.32. The molecule has 0 bridgehead atoms. The van der Waals surface area contributed by atoms with Gasteiger partial charge in [0.05, 0.1) is 0 Å². The lowest BCUT2D eigenvalue weighted by atomic mass is 10.2. The van der Waals surface area contributed by atoms with Crippen molar-refractivity contribution in [1.82, 2.24) is 10.2 Å². The van der Waals surface area contributed by atoms with Gasteiger partial charge in [0.15, 0.2) is 0 Å². The molecule has 100 valence electrons. The Bertz CT molecular complexity index is 373. The van der Waals surface area contributed by atoms with Crippen molar-refractivity contribution in [2.45, 2.75) is 32.4 Å². The first-order chi connectivity index (χ1) is 8.69. The Morgan fingerprint density at radius 2 is 2.17 bits per heavy atom. The maximum atomic E-state index is 13.0. The molecule has 0 heterocycles. The fourth-order valence-corrected chi connectivity index (χ4v) is 2.23. The number of aromatic hydroxyl groups is 1. The molecular formula is C14H21FN2O. The minimum absolute atomic E-state index is 0.0139. The molecule has 0 amide bonds. The van der Waals surface area contributed by atoms with Gasteiger partial charge in [-0.25, -0.2) is 4.39 Å². The summed E-state index contributed by atoms with van der Waals surface area (Å²) in [6, 6.07) is 4.95. The van der Waals surface area contributed by atoms with Crippen LogP contribution < -0.4 is 5.32 Å². The third kappa shape index (κ3) is 3.96. The van der Waals surface area contributed by atoms with Crippen LogP contribution in [-0.4, -0.2) is 35.7 Å². The largest absolute Gasteiger partial charge is 0.508 e. The highest BCUT2D eigenvalue weighted by molar-refractivity contribution is 5.28. The standard InChI is InChI=1S/C14H21FN2O/c1-2-17(13-3-4-13)6-5-16-10-11-7-12(15)9-14(18)8-11/h7-9,13,16,18H,2-6,10H2,1H3. The van der Waals surface area contributed by atoms with Gasteiger partial charge in [-0.05, 0) is 37.1 Å². The lowest BCUT2D eigenvalue weighted by Crippen LogP contribution is -2.33. The highest BCUT2D eigenvalue weighted by Gasteiger charge is 2.26. The monoisotopic (exact) mass is 252 g/mol. The number of nitrogens with one attached hydrogen (secondary N) is 1. The molecule has 0 atom stereocenters. The van der Waals surface area contributed by atoms with Crippen LogP contribution in [0, 0.1) is 5.82 Å². The van der Waals surface area contributed by atoms with Gasteiger partial charge in [0.1, 0.15) is 11.6 Å². The van der Waals surface area contributed by atoms with Gasteiger partial charge < -0.3 is 10.4 Å². The van der Waals surface area contributed by atoms with E-state index in [0.717, 1.165) is 37.3 Å². The number of nitrogens with zero attached hydrogens (tertiary/aromatic N) is 1. The molecule has 1 fully saturated rings. The van der Waals surface area contributed by atoms with Crippen LogP contribution in [0.4, 0.5) is 4.39 Å². The van der Waals surface area contributed by atoms with Crippen LogP contribution in [0.1, 0.15) is 25.3 Å². The zero-order chi connectivity index (χ0) is 13.0. The fourth-order valence-electron chi connectivity index (χ4n) is 2.23. The summed E-state index contributed by atoms with van der Waals surface area (Å²) < 4.78 is 13.0. The normalized spacial score (nSPS) is 15.3. The van der Waals surface area contributed by atoms with E-state index in [1.54, 1.807) is 6.07 Å². The summed E-state index contributed by atoms with van der Waals surface area (Å²) >= 11 is 0. The number of likely N-dealkylation sites (N-methyl/N-ethyl adjacent to an activating group) is 1. The fraction of sp³-hybridized carbons (Fsp3) is 0.571. The average molecular weight is 252 g/mol. The van der Waals surface area contributed by atoms with Gasteiger partial charge in [-0.2, -0.15) is 0 Å². The topological polar surface area (TPSA) is 35.5 Å². The molecule has 0 spiro atoms. The highest BCUT2D eigenvalue weighted by atomic mass is 19.1. The van der Waals surface area contributed by atoms with Gasteiger partial charge in [-0.3, -0.25) is 4.90 Å². The van der Waals surface area contributed by atoms with E-state index in [0.29, 0.717) is 6.54 Å². The molecule has 2 N–H and O–H groups in total. The number of phenols is 1. The predicted octanol–water partition coefficient (Wildman–Crippen LogP) is 2.11. The Hall–Kier alpha value is -1.13. The molecule has 0 aromatic heterocycles. The van der Waals surface area contributed by atoms with E-state index in [2.05, 4.69) is 17.1 Å². The maximum Gasteiger partial charge on any atom is 0.127 e. The molecule has 18 heavy (non-hydrogen) atoms. The first-order valence-electron chi connectivity index (χ1n) is 6.62. The smallest absolute Gasteiger partial charge is 0.127 e. The summed E-state index contributed by atoms with van der Waals surface area (Å²) in [7, 11) is 0. The lowest BCUT2D eigenvalue weighted by molar-refractivity contribution is 0.277. The minimum atomic E-state index is -0.389. The molecule has 1 saturated carbocycles. The van der Waals surface area contributed by atoms with Crippen molar-refractivity contribution in [1.29, 1.82) is 0 Å². The van der Waals surface area contributed by atoms with Crippen LogP contribution >= 0.6 is 0 Å². The van der Waals surface area contributed by atoms with Crippen LogP contribution in [0.15, 0.2) is 18.2 Å². The molecule has 1 aliphatic carbocycles. The lowest BCUT2D eigenvalue weighted by Gasteiger charge is -2.19. The van der Waals surface area contributed by atoms with Gasteiger partial charge in [0.2, 0.25) is 0 Å². The Labute approximate surface area is 108 Å². The van der Waals surface area contributed by atoms with Crippen LogP contribution in [0.3, 0.4) is 0 Å². The number of hydrogen-bond donors (Lipinski definition) is 2. The quantitative estimate of drug-likeness (QED) is 0.730. The zero-order valence-corrected chi connectivity index (χ0v) is 10.8. The maximum absolute atomic E-state index is 13.0. The second kappa shape index (κ2) is 6.16. The van der Waals surface area contributed by atoms with Crippen molar-refractivity contribution in [2.75, 3.05) is 19.6 Å². The van der Waals surface area contributed by atoms with Gasteiger partial charge in [-0.1, -0.05) is 6.92 Å². The summed E-state index contributed by atoms with van der Waals surface area (Å²) in [5.74, 6) is -0.403. The molecule has 4 heteroatoms. The number of hydrogen-bond acceptors (Lipinski definition) is 3. The number of halogens is 1. The predicted molar refractivity (Wildman–Crippen MR) is 70.0 cm³/mol. The van der Waals surface area contributed by atoms with E-state index in [9.17, 15) is 9.50 Å². The number of benzene rings is 1. The molecule has 1 aromatic rings. The average Bonchev–Trinajstić information content (AvgIpc) is 3.12. The van der Waals surface area contributed by atoms with Crippen molar-refractivity contribution < 1.29 is 9.50 Å². The van der Waals surface area contributed by atoms with E-state index >= 15 is 0 Å². The number of rotatable bonds is 7. The van der Waals surface area contributed by atoms with Gasteiger partial charge >= 0.3 is 0 Å². The highest BCUT2D eigenvalue weighted by Crippen LogP contribution is 2.25. The van der Waals surface area contributed by atoms with Crippen molar-refractivity contribution in [3.8, 4) is 5.75 Å². The van der Waals surface area contributed by atoms with E-state index in [-0.39, 0.29) is 11.6 Å². The minimum Gasteiger partial charge on any atom is -0.508 e. The first kappa shape index (κ1) is 13.3. The van der Waals surface area contributed by atoms with Crippen LogP contribution in [0.5, 0.6) is 5.75 Å². The van der Waals surface area contributed by atoms with Crippen LogP contribution in [0.25, 0.3) is 0 Å². The van der Waals surface area contributed by atoms with E-state index in [1.807, 2.05) is 0 Å². The van der Waals surface area contributed by atoms with E-state index in [4.69, 9.17) is 0 Å². The molecule has 2 rings (SSSR count). The summed E-state index contributed by atoms with van der Waals surface area (Å²) in [6.45, 7) is 5.79. The number of phenolic OH excluding ortho intramolecular Hbond substituents is 1. The van der Waals surface area contributed by atoms with Gasteiger partial charge in [0, 0.05) is 31.7 Å². The Morgan fingerprint density at radius 3 is 2.78 bits per heavy atom. The van der Waals surface area contributed by atoms with Crippen molar-refractivity contribution >= 4 is 0 Å².